The molecule has 0 unspecified atom stereocenters. The van der Waals surface area contributed by atoms with Gasteiger partial charge in [-0.25, -0.2) is 0 Å². The van der Waals surface area contributed by atoms with Crippen molar-refractivity contribution in [3.05, 3.63) is 0 Å². The first-order chi connectivity index (χ1) is 5.07. The first-order valence-electron chi connectivity index (χ1n) is 4.06. The van der Waals surface area contributed by atoms with Crippen molar-refractivity contribution in [2.75, 3.05) is 0 Å². The number of hydrogen-bond acceptors (Lipinski definition) is 2. The number of carboxylic acids is 1. The van der Waals surface area contributed by atoms with Crippen LogP contribution >= 0.6 is 12.4 Å². The van der Waals surface area contributed by atoms with E-state index in [-0.39, 0.29) is 12.4 Å². The summed E-state index contributed by atoms with van der Waals surface area (Å²) < 4.78 is 0. The Morgan fingerprint density at radius 2 is 2.08 bits per heavy atom. The van der Waals surface area contributed by atoms with Gasteiger partial charge in [-0.2, -0.15) is 0 Å². The zero-order valence-corrected chi connectivity index (χ0v) is 8.43. The summed E-state index contributed by atoms with van der Waals surface area (Å²) in [7, 11) is 0. The molecule has 0 radical (unpaired) electrons. The van der Waals surface area contributed by atoms with E-state index in [1.807, 2.05) is 6.92 Å². The van der Waals surface area contributed by atoms with Gasteiger partial charge in [0.05, 0.1) is 0 Å². The lowest BCUT2D eigenvalue weighted by molar-refractivity contribution is -0.138. The summed E-state index contributed by atoms with van der Waals surface area (Å²) in [5.41, 5.74) is 5.35. The fraction of sp³-hybridized carbons (Fsp3) is 0.875. The lowest BCUT2D eigenvalue weighted by Gasteiger charge is -2.12. The van der Waals surface area contributed by atoms with Crippen molar-refractivity contribution in [3.8, 4) is 0 Å². The van der Waals surface area contributed by atoms with Crippen molar-refractivity contribution in [1.82, 2.24) is 0 Å². The second-order valence-electron chi connectivity index (χ2n) is 3.07. The third-order valence-electron chi connectivity index (χ3n) is 1.75. The number of halogens is 1. The Morgan fingerprint density at radius 3 is 2.42 bits per heavy atom. The van der Waals surface area contributed by atoms with Crippen LogP contribution in [0.1, 0.15) is 33.1 Å². The summed E-state index contributed by atoms with van der Waals surface area (Å²) in [6.07, 6.45) is 2.73. The average molecular weight is 196 g/mol. The van der Waals surface area contributed by atoms with Crippen LogP contribution in [0.4, 0.5) is 0 Å². The zero-order valence-electron chi connectivity index (χ0n) is 7.62. The van der Waals surface area contributed by atoms with Crippen molar-refractivity contribution >= 4 is 18.4 Å². The molecule has 0 aliphatic rings. The van der Waals surface area contributed by atoms with E-state index in [1.165, 1.54) is 0 Å². The molecule has 0 aromatic carbocycles. The molecule has 4 heteroatoms. The summed E-state index contributed by atoms with van der Waals surface area (Å²) >= 11 is 0. The van der Waals surface area contributed by atoms with Gasteiger partial charge in [-0.1, -0.05) is 26.7 Å². The molecule has 0 aromatic rings. The molecule has 0 aliphatic carbocycles. The van der Waals surface area contributed by atoms with E-state index in [2.05, 4.69) is 6.92 Å². The number of hydrogen-bond donors (Lipinski definition) is 2. The standard InChI is InChI=1S/C8H17NO2.ClH/c1-3-4-6(2)5-7(9)8(10)11;/h6-7H,3-5,9H2,1-2H3,(H,10,11);1H/t6-,7+;/m1./s1. The van der Waals surface area contributed by atoms with E-state index < -0.39 is 12.0 Å². The van der Waals surface area contributed by atoms with Crippen LogP contribution in [-0.4, -0.2) is 17.1 Å². The molecule has 0 aliphatic heterocycles. The highest BCUT2D eigenvalue weighted by Gasteiger charge is 2.14. The number of aliphatic carboxylic acids is 1. The molecule has 0 bridgehead atoms. The number of rotatable bonds is 5. The average Bonchev–Trinajstić information content (AvgIpc) is 1.87. The Hall–Kier alpha value is -0.280. The van der Waals surface area contributed by atoms with E-state index in [9.17, 15) is 4.79 Å². The third kappa shape index (κ3) is 6.43. The topological polar surface area (TPSA) is 63.3 Å². The third-order valence-corrected chi connectivity index (χ3v) is 1.75. The van der Waals surface area contributed by atoms with Crippen LogP contribution in [0.25, 0.3) is 0 Å². The zero-order chi connectivity index (χ0) is 8.85. The smallest absolute Gasteiger partial charge is 0.320 e. The summed E-state index contributed by atoms with van der Waals surface area (Å²) in [6.45, 7) is 4.12. The van der Waals surface area contributed by atoms with Crippen LogP contribution in [0.5, 0.6) is 0 Å². The Morgan fingerprint density at radius 1 is 1.58 bits per heavy atom. The monoisotopic (exact) mass is 195 g/mol. The highest BCUT2D eigenvalue weighted by molar-refractivity contribution is 5.85. The van der Waals surface area contributed by atoms with Gasteiger partial charge in [0.2, 0.25) is 0 Å². The van der Waals surface area contributed by atoms with Crippen LogP contribution in [-0.2, 0) is 4.79 Å². The molecule has 0 rings (SSSR count). The van der Waals surface area contributed by atoms with Gasteiger partial charge in [-0.15, -0.1) is 12.4 Å². The summed E-state index contributed by atoms with van der Waals surface area (Å²) in [5, 5.41) is 8.47. The minimum absolute atomic E-state index is 0. The summed E-state index contributed by atoms with van der Waals surface area (Å²) in [4.78, 5) is 10.3. The Bertz CT molecular complexity index is 130. The number of nitrogens with two attached hydrogens (primary N) is 1. The second-order valence-corrected chi connectivity index (χ2v) is 3.07. The maximum Gasteiger partial charge on any atom is 0.320 e. The summed E-state index contributed by atoms with van der Waals surface area (Å²) in [5.74, 6) is -0.473. The predicted octanol–water partition coefficient (Wildman–Crippen LogP) is 1.65. The van der Waals surface area contributed by atoms with E-state index >= 15 is 0 Å². The van der Waals surface area contributed by atoms with Crippen molar-refractivity contribution in [3.63, 3.8) is 0 Å². The lowest BCUT2D eigenvalue weighted by Crippen LogP contribution is -2.31. The van der Waals surface area contributed by atoms with Gasteiger partial charge in [0.1, 0.15) is 6.04 Å². The predicted molar refractivity (Wildman–Crippen MR) is 51.5 cm³/mol. The molecule has 0 saturated heterocycles. The molecule has 2 atom stereocenters. The van der Waals surface area contributed by atoms with Gasteiger partial charge in [-0.3, -0.25) is 4.79 Å². The first-order valence-corrected chi connectivity index (χ1v) is 4.06. The molecule has 0 saturated carbocycles. The Labute approximate surface area is 79.7 Å². The fourth-order valence-electron chi connectivity index (χ4n) is 1.14. The molecule has 0 heterocycles. The van der Waals surface area contributed by atoms with Gasteiger partial charge in [0, 0.05) is 0 Å². The van der Waals surface area contributed by atoms with E-state index in [0.717, 1.165) is 12.8 Å². The first kappa shape index (κ1) is 14.3. The van der Waals surface area contributed by atoms with Gasteiger partial charge >= 0.3 is 5.97 Å². The Kier molecular flexibility index (Phi) is 8.76. The minimum Gasteiger partial charge on any atom is -0.480 e. The van der Waals surface area contributed by atoms with E-state index in [4.69, 9.17) is 10.8 Å². The maximum absolute atomic E-state index is 10.3. The Balaban J connectivity index is 0. The molecule has 0 aromatic heterocycles. The summed E-state index contributed by atoms with van der Waals surface area (Å²) in [6, 6.07) is -0.684. The molecule has 3 nitrogen and oxygen atoms in total. The van der Waals surface area contributed by atoms with Crippen LogP contribution in [0.3, 0.4) is 0 Å². The number of carboxylic acid groups (broad SMARTS) is 1. The fourth-order valence-corrected chi connectivity index (χ4v) is 1.14. The van der Waals surface area contributed by atoms with Crippen molar-refractivity contribution in [2.24, 2.45) is 11.7 Å². The highest BCUT2D eigenvalue weighted by atomic mass is 35.5. The molecular weight excluding hydrogens is 178 g/mol. The van der Waals surface area contributed by atoms with Crippen molar-refractivity contribution in [2.45, 2.75) is 39.2 Å². The lowest BCUT2D eigenvalue weighted by atomic mass is 9.98. The van der Waals surface area contributed by atoms with Crippen LogP contribution in [0.15, 0.2) is 0 Å². The normalized spacial score (nSPS) is 14.6. The maximum atomic E-state index is 10.3. The van der Waals surface area contributed by atoms with Gasteiger partial charge in [0.15, 0.2) is 0 Å². The van der Waals surface area contributed by atoms with Crippen molar-refractivity contribution < 1.29 is 9.90 Å². The quantitative estimate of drug-likeness (QED) is 0.701. The molecule has 0 amide bonds. The van der Waals surface area contributed by atoms with E-state index in [0.29, 0.717) is 12.3 Å². The molecule has 0 fully saturated rings. The van der Waals surface area contributed by atoms with Crippen LogP contribution in [0, 0.1) is 5.92 Å². The minimum atomic E-state index is -0.895. The second kappa shape index (κ2) is 7.37. The van der Waals surface area contributed by atoms with Gasteiger partial charge in [-0.05, 0) is 12.3 Å². The molecule has 12 heavy (non-hydrogen) atoms. The van der Waals surface area contributed by atoms with Crippen LogP contribution in [0.2, 0.25) is 0 Å². The number of carbonyl (C=O) groups is 1. The molecule has 0 spiro atoms. The largest absolute Gasteiger partial charge is 0.480 e. The SMILES string of the molecule is CCC[C@@H](C)C[C@H](N)C(=O)O.Cl. The van der Waals surface area contributed by atoms with Gasteiger partial charge in [0.25, 0.3) is 0 Å². The van der Waals surface area contributed by atoms with E-state index in [1.54, 1.807) is 0 Å². The van der Waals surface area contributed by atoms with Crippen LogP contribution < -0.4 is 5.73 Å². The molecule has 3 N–H and O–H groups in total. The molecule has 74 valence electrons. The molecular formula is C8H18ClNO2. The highest BCUT2D eigenvalue weighted by Crippen LogP contribution is 2.11. The van der Waals surface area contributed by atoms with Crippen molar-refractivity contribution in [1.29, 1.82) is 0 Å². The van der Waals surface area contributed by atoms with Gasteiger partial charge < -0.3 is 10.8 Å².